The van der Waals surface area contributed by atoms with Gasteiger partial charge in [-0.25, -0.2) is 0 Å². The molecule has 9 heteroatoms. The van der Waals surface area contributed by atoms with Crippen LogP contribution in [-0.4, -0.2) is 39.3 Å². The van der Waals surface area contributed by atoms with E-state index in [9.17, 15) is 9.59 Å². The molecule has 3 aliphatic rings. The highest BCUT2D eigenvalue weighted by Crippen LogP contribution is 2.45. The molecule has 2 bridgehead atoms. The maximum absolute atomic E-state index is 12.5. The normalized spacial score (nSPS) is 28.9. The van der Waals surface area contributed by atoms with Gasteiger partial charge in [-0.15, -0.1) is 5.10 Å². The summed E-state index contributed by atoms with van der Waals surface area (Å²) >= 11 is 0. The van der Waals surface area contributed by atoms with E-state index in [-0.39, 0.29) is 17.9 Å². The third-order valence-corrected chi connectivity index (χ3v) is 7.10. The van der Waals surface area contributed by atoms with E-state index in [2.05, 4.69) is 20.8 Å². The molecule has 0 aliphatic heterocycles. The Morgan fingerprint density at radius 2 is 1.78 bits per heavy atom. The number of carboxylic acids is 1. The summed E-state index contributed by atoms with van der Waals surface area (Å²) in [6.45, 7) is 0. The number of hydrogen-bond acceptors (Lipinski definition) is 7. The Hall–Kier alpha value is -3.10. The van der Waals surface area contributed by atoms with E-state index in [0.717, 1.165) is 25.2 Å². The summed E-state index contributed by atoms with van der Waals surface area (Å²) in [7, 11) is 0. The molecule has 1 amide bonds. The van der Waals surface area contributed by atoms with Gasteiger partial charge in [-0.05, 0) is 81.0 Å². The lowest BCUT2D eigenvalue weighted by atomic mass is 9.87. The predicted octanol–water partition coefficient (Wildman–Crippen LogP) is 3.94. The van der Waals surface area contributed by atoms with Crippen LogP contribution in [0.4, 0.5) is 11.7 Å². The first-order chi connectivity index (χ1) is 15.5. The topological polar surface area (TPSA) is 127 Å². The van der Waals surface area contributed by atoms with Crippen molar-refractivity contribution in [1.29, 1.82) is 0 Å². The van der Waals surface area contributed by atoms with Gasteiger partial charge in [0.05, 0.1) is 12.0 Å². The zero-order chi connectivity index (χ0) is 22.1. The second-order valence-electron chi connectivity index (χ2n) is 9.25. The van der Waals surface area contributed by atoms with Gasteiger partial charge in [-0.1, -0.05) is 11.5 Å². The van der Waals surface area contributed by atoms with Crippen LogP contribution in [0.2, 0.25) is 0 Å². The van der Waals surface area contributed by atoms with Crippen molar-refractivity contribution < 1.29 is 23.8 Å². The van der Waals surface area contributed by atoms with Crippen molar-refractivity contribution in [2.45, 2.75) is 63.5 Å². The minimum absolute atomic E-state index is 0.0189. The molecular weight excluding hydrogens is 412 g/mol. The number of carboxylic acid groups (broad SMARTS) is 1. The van der Waals surface area contributed by atoms with Crippen LogP contribution in [0.5, 0.6) is 5.75 Å². The summed E-state index contributed by atoms with van der Waals surface area (Å²) in [5, 5.41) is 23.0. The first kappa shape index (κ1) is 20.8. The molecule has 0 radical (unpaired) electrons. The average Bonchev–Trinajstić information content (AvgIpc) is 3.53. The molecule has 0 saturated heterocycles. The number of nitrogens with zero attached hydrogens (tertiary/aromatic N) is 2. The summed E-state index contributed by atoms with van der Waals surface area (Å²) < 4.78 is 11.5. The second-order valence-corrected chi connectivity index (χ2v) is 9.25. The number of ether oxygens (including phenoxy) is 1. The molecule has 3 unspecified atom stereocenters. The fraction of sp³-hybridized carbons (Fsp3) is 0.565. The summed E-state index contributed by atoms with van der Waals surface area (Å²) in [4.78, 5) is 23.5. The third kappa shape index (κ3) is 4.56. The lowest BCUT2D eigenvalue weighted by Crippen LogP contribution is -2.27. The van der Waals surface area contributed by atoms with E-state index in [4.69, 9.17) is 14.3 Å². The number of aromatic nitrogens is 2. The molecule has 2 aromatic rings. The van der Waals surface area contributed by atoms with E-state index >= 15 is 0 Å². The van der Waals surface area contributed by atoms with Crippen LogP contribution in [0.3, 0.4) is 0 Å². The monoisotopic (exact) mass is 440 g/mol. The summed E-state index contributed by atoms with van der Waals surface area (Å²) in [5.41, 5.74) is 0.595. The highest BCUT2D eigenvalue weighted by Gasteiger charge is 2.40. The van der Waals surface area contributed by atoms with Crippen molar-refractivity contribution in [2.75, 3.05) is 10.6 Å². The number of benzene rings is 1. The first-order valence-corrected chi connectivity index (χ1v) is 11.4. The standard InChI is InChI=1S/C23H28N4O5/c28-20(21-26-27-23(32-21)25-19-12-13-1-2-15(19)11-13)24-16-5-9-18(10-6-16)31-17-7-3-14(4-8-17)22(29)30/h5-6,9-10,13-15,17,19H,1-4,7-8,11-12H2,(H,24,28)(H,25,27)(H,29,30). The number of fused-ring (bicyclic) bond motifs is 2. The molecule has 3 aliphatic carbocycles. The molecule has 32 heavy (non-hydrogen) atoms. The number of amides is 1. The van der Waals surface area contributed by atoms with Gasteiger partial charge >= 0.3 is 23.8 Å². The molecule has 9 nitrogen and oxygen atoms in total. The molecule has 0 spiro atoms. The Morgan fingerprint density at radius 3 is 2.44 bits per heavy atom. The van der Waals surface area contributed by atoms with Crippen molar-refractivity contribution in [3.05, 3.63) is 30.2 Å². The van der Waals surface area contributed by atoms with Gasteiger partial charge in [0, 0.05) is 11.7 Å². The van der Waals surface area contributed by atoms with E-state index in [1.807, 2.05) is 0 Å². The van der Waals surface area contributed by atoms with Crippen LogP contribution in [0, 0.1) is 17.8 Å². The van der Waals surface area contributed by atoms with Crippen molar-refractivity contribution in [3.8, 4) is 5.75 Å². The number of rotatable bonds is 7. The highest BCUT2D eigenvalue weighted by molar-refractivity contribution is 6.00. The minimum Gasteiger partial charge on any atom is -0.490 e. The second kappa shape index (κ2) is 8.80. The van der Waals surface area contributed by atoms with E-state index in [0.29, 0.717) is 42.3 Å². The number of nitrogens with one attached hydrogen (secondary N) is 2. The third-order valence-electron chi connectivity index (χ3n) is 7.10. The molecule has 3 saturated carbocycles. The highest BCUT2D eigenvalue weighted by atomic mass is 16.5. The summed E-state index contributed by atoms with van der Waals surface area (Å²) in [5.74, 6) is 0.633. The molecular formula is C23H28N4O5. The quantitative estimate of drug-likeness (QED) is 0.591. The van der Waals surface area contributed by atoms with Crippen LogP contribution < -0.4 is 15.4 Å². The van der Waals surface area contributed by atoms with Gasteiger partial charge in [-0.3, -0.25) is 9.59 Å². The van der Waals surface area contributed by atoms with Crippen LogP contribution in [0.25, 0.3) is 0 Å². The minimum atomic E-state index is -0.724. The zero-order valence-corrected chi connectivity index (χ0v) is 17.8. The molecule has 5 rings (SSSR count). The van der Waals surface area contributed by atoms with E-state index in [1.54, 1.807) is 24.3 Å². The van der Waals surface area contributed by atoms with Crippen LogP contribution in [0.1, 0.15) is 62.1 Å². The van der Waals surface area contributed by atoms with E-state index < -0.39 is 11.9 Å². The van der Waals surface area contributed by atoms with Gasteiger partial charge < -0.3 is 24.9 Å². The molecule has 1 heterocycles. The fourth-order valence-corrected chi connectivity index (χ4v) is 5.37. The summed E-state index contributed by atoms with van der Waals surface area (Å²) in [6, 6.07) is 7.73. The van der Waals surface area contributed by atoms with Crippen molar-refractivity contribution in [3.63, 3.8) is 0 Å². The van der Waals surface area contributed by atoms with Crippen molar-refractivity contribution >= 4 is 23.6 Å². The number of anilines is 2. The maximum atomic E-state index is 12.5. The van der Waals surface area contributed by atoms with E-state index in [1.165, 1.54) is 19.3 Å². The SMILES string of the molecule is O=C(Nc1ccc(OC2CCC(C(=O)O)CC2)cc1)c1nnc(NC2CC3CCC2C3)o1. The molecule has 1 aromatic carbocycles. The Bertz CT molecular complexity index is 967. The molecule has 3 N–H and O–H groups in total. The molecule has 3 atom stereocenters. The molecule has 3 fully saturated rings. The fourth-order valence-electron chi connectivity index (χ4n) is 5.37. The average molecular weight is 441 g/mol. The Labute approximate surface area is 185 Å². The summed E-state index contributed by atoms with van der Waals surface area (Å²) in [6.07, 6.45) is 7.70. The lowest BCUT2D eigenvalue weighted by Gasteiger charge is -2.26. The van der Waals surface area contributed by atoms with Gasteiger partial charge in [-0.2, -0.15) is 0 Å². The Kier molecular flexibility index (Phi) is 5.71. The maximum Gasteiger partial charge on any atom is 0.316 e. The predicted molar refractivity (Wildman–Crippen MR) is 116 cm³/mol. The van der Waals surface area contributed by atoms with Gasteiger partial charge in [0.1, 0.15) is 5.75 Å². The lowest BCUT2D eigenvalue weighted by molar-refractivity contribution is -0.143. The van der Waals surface area contributed by atoms with Crippen LogP contribution in [-0.2, 0) is 4.79 Å². The van der Waals surface area contributed by atoms with Gasteiger partial charge in [0.15, 0.2) is 0 Å². The largest absolute Gasteiger partial charge is 0.490 e. The molecule has 1 aromatic heterocycles. The van der Waals surface area contributed by atoms with Crippen LogP contribution in [0.15, 0.2) is 28.7 Å². The van der Waals surface area contributed by atoms with Crippen LogP contribution >= 0.6 is 0 Å². The van der Waals surface area contributed by atoms with Crippen molar-refractivity contribution in [1.82, 2.24) is 10.2 Å². The van der Waals surface area contributed by atoms with Gasteiger partial charge in [0.25, 0.3) is 0 Å². The number of carbonyl (C=O) groups is 2. The number of carbonyl (C=O) groups excluding carboxylic acids is 1. The van der Waals surface area contributed by atoms with Crippen molar-refractivity contribution in [2.24, 2.45) is 17.8 Å². The zero-order valence-electron chi connectivity index (χ0n) is 17.8. The number of aliphatic carboxylic acids is 1. The van der Waals surface area contributed by atoms with Gasteiger partial charge in [0.2, 0.25) is 0 Å². The smallest absolute Gasteiger partial charge is 0.316 e. The Morgan fingerprint density at radius 1 is 1.00 bits per heavy atom. The Balaban J connectivity index is 1.11. The number of hydrogen-bond donors (Lipinski definition) is 3. The molecule has 170 valence electrons. The first-order valence-electron chi connectivity index (χ1n) is 11.4.